The van der Waals surface area contributed by atoms with Crippen molar-refractivity contribution < 1.29 is 0 Å². The first-order valence-electron chi connectivity index (χ1n) is 6.47. The molecule has 0 aliphatic heterocycles. The number of benzene rings is 1. The molecular weight excluding hydrogens is 192 g/mol. The van der Waals surface area contributed by atoms with Crippen molar-refractivity contribution in [2.24, 2.45) is 0 Å². The van der Waals surface area contributed by atoms with Crippen LogP contribution in [0.5, 0.6) is 0 Å². The van der Waals surface area contributed by atoms with Crippen LogP contribution in [0.2, 0.25) is 0 Å². The molecular formula is C16H20. The summed E-state index contributed by atoms with van der Waals surface area (Å²) in [6.07, 6.45) is 7.37. The van der Waals surface area contributed by atoms with E-state index in [0.29, 0.717) is 5.92 Å². The fourth-order valence-electron chi connectivity index (χ4n) is 2.26. The zero-order valence-electron chi connectivity index (χ0n) is 10.1. The van der Waals surface area contributed by atoms with Gasteiger partial charge in [-0.05, 0) is 36.8 Å². The zero-order chi connectivity index (χ0) is 11.2. The minimum Gasteiger partial charge on any atom is -0.103 e. The van der Waals surface area contributed by atoms with Gasteiger partial charge in [0.25, 0.3) is 0 Å². The predicted molar refractivity (Wildman–Crippen MR) is 69.4 cm³/mol. The van der Waals surface area contributed by atoms with Crippen molar-refractivity contribution in [3.63, 3.8) is 0 Å². The predicted octanol–water partition coefficient (Wildman–Crippen LogP) is 4.30. The van der Waals surface area contributed by atoms with E-state index in [1.54, 1.807) is 0 Å². The summed E-state index contributed by atoms with van der Waals surface area (Å²) in [6.45, 7) is 2.25. The van der Waals surface area contributed by atoms with E-state index in [0.717, 1.165) is 6.42 Å². The quantitative estimate of drug-likeness (QED) is 0.653. The topological polar surface area (TPSA) is 0 Å². The molecule has 0 fully saturated rings. The molecule has 1 aromatic carbocycles. The Morgan fingerprint density at radius 2 is 2.31 bits per heavy atom. The molecule has 1 aliphatic carbocycles. The molecule has 0 bridgehead atoms. The van der Waals surface area contributed by atoms with Crippen LogP contribution in [-0.4, -0.2) is 0 Å². The van der Waals surface area contributed by atoms with Gasteiger partial charge in [0, 0.05) is 12.3 Å². The number of aryl methyl sites for hydroxylation is 1. The van der Waals surface area contributed by atoms with Crippen molar-refractivity contribution in [3.05, 3.63) is 35.4 Å². The number of unbranched alkanes of at least 4 members (excludes halogenated alkanes) is 1. The van der Waals surface area contributed by atoms with Gasteiger partial charge in [-0.15, -0.1) is 5.92 Å². The van der Waals surface area contributed by atoms with Crippen molar-refractivity contribution in [2.45, 2.75) is 51.4 Å². The number of rotatable bonds is 4. The minimum atomic E-state index is 0.496. The lowest BCUT2D eigenvalue weighted by Gasteiger charge is -2.14. The van der Waals surface area contributed by atoms with Gasteiger partial charge in [0.1, 0.15) is 0 Å². The summed E-state index contributed by atoms with van der Waals surface area (Å²) in [6, 6.07) is 9.03. The van der Waals surface area contributed by atoms with Gasteiger partial charge in [-0.1, -0.05) is 43.5 Å². The van der Waals surface area contributed by atoms with Crippen molar-refractivity contribution in [2.75, 3.05) is 0 Å². The first kappa shape index (κ1) is 11.3. The van der Waals surface area contributed by atoms with E-state index in [2.05, 4.69) is 43.0 Å². The lowest BCUT2D eigenvalue weighted by molar-refractivity contribution is 0.684. The fourth-order valence-corrected chi connectivity index (χ4v) is 2.26. The molecule has 2 rings (SSSR count). The summed E-state index contributed by atoms with van der Waals surface area (Å²) in [5.41, 5.74) is 2.91. The minimum absolute atomic E-state index is 0.496. The van der Waals surface area contributed by atoms with E-state index in [9.17, 15) is 0 Å². The summed E-state index contributed by atoms with van der Waals surface area (Å²) in [5, 5.41) is 0. The summed E-state index contributed by atoms with van der Waals surface area (Å²) in [4.78, 5) is 0. The Hall–Kier alpha value is -1.22. The van der Waals surface area contributed by atoms with Crippen molar-refractivity contribution >= 4 is 0 Å². The molecule has 0 saturated heterocycles. The number of hydrogen-bond acceptors (Lipinski definition) is 0. The van der Waals surface area contributed by atoms with Crippen molar-refractivity contribution in [3.8, 4) is 11.8 Å². The molecule has 1 aromatic rings. The van der Waals surface area contributed by atoms with Gasteiger partial charge in [0.05, 0.1) is 0 Å². The maximum Gasteiger partial charge on any atom is 0.0452 e. The third-order valence-electron chi connectivity index (χ3n) is 3.24. The summed E-state index contributed by atoms with van der Waals surface area (Å²) in [5.74, 6) is 7.11. The highest BCUT2D eigenvalue weighted by atomic mass is 14.1. The standard InChI is InChI=1S/C16H20/c1-2-3-8-14-9-7-12-16(13-14)15-10-5-4-6-11-15/h7,9,12-13,15H,2-5,8,10H2,1H3. The second kappa shape index (κ2) is 5.75. The molecule has 1 aliphatic rings. The van der Waals surface area contributed by atoms with Crippen LogP contribution in [-0.2, 0) is 6.42 Å². The molecule has 0 amide bonds. The van der Waals surface area contributed by atoms with Crippen LogP contribution in [0.25, 0.3) is 0 Å². The summed E-state index contributed by atoms with van der Waals surface area (Å²) < 4.78 is 0. The Balaban J connectivity index is 2.10. The van der Waals surface area contributed by atoms with Gasteiger partial charge in [0.15, 0.2) is 0 Å². The monoisotopic (exact) mass is 212 g/mol. The molecule has 1 unspecified atom stereocenters. The van der Waals surface area contributed by atoms with Gasteiger partial charge in [0.2, 0.25) is 0 Å². The molecule has 0 saturated carbocycles. The maximum absolute atomic E-state index is 3.37. The third-order valence-corrected chi connectivity index (χ3v) is 3.24. The third kappa shape index (κ3) is 2.89. The van der Waals surface area contributed by atoms with Crippen LogP contribution < -0.4 is 0 Å². The largest absolute Gasteiger partial charge is 0.103 e. The molecule has 0 spiro atoms. The molecule has 16 heavy (non-hydrogen) atoms. The highest BCUT2D eigenvalue weighted by molar-refractivity contribution is 5.32. The molecule has 84 valence electrons. The Bertz CT molecular complexity index is 392. The van der Waals surface area contributed by atoms with Crippen molar-refractivity contribution in [1.29, 1.82) is 0 Å². The smallest absolute Gasteiger partial charge is 0.0452 e. The van der Waals surface area contributed by atoms with Crippen molar-refractivity contribution in [1.82, 2.24) is 0 Å². The Morgan fingerprint density at radius 3 is 3.06 bits per heavy atom. The van der Waals surface area contributed by atoms with E-state index in [1.807, 2.05) is 0 Å². The van der Waals surface area contributed by atoms with Crippen LogP contribution in [0, 0.1) is 11.8 Å². The molecule has 0 N–H and O–H groups in total. The van der Waals surface area contributed by atoms with Crippen LogP contribution in [0.4, 0.5) is 0 Å². The lowest BCUT2D eigenvalue weighted by Crippen LogP contribution is -2.00. The first-order chi connectivity index (χ1) is 7.90. The average molecular weight is 212 g/mol. The van der Waals surface area contributed by atoms with E-state index >= 15 is 0 Å². The Kier molecular flexibility index (Phi) is 4.05. The summed E-state index contributed by atoms with van der Waals surface area (Å²) >= 11 is 0. The van der Waals surface area contributed by atoms with E-state index < -0.39 is 0 Å². The van der Waals surface area contributed by atoms with Crippen LogP contribution in [0.1, 0.15) is 56.1 Å². The number of hydrogen-bond donors (Lipinski definition) is 0. The first-order valence-corrected chi connectivity index (χ1v) is 6.47. The normalized spacial score (nSPS) is 18.9. The van der Waals surface area contributed by atoms with Gasteiger partial charge in [-0.2, -0.15) is 0 Å². The van der Waals surface area contributed by atoms with E-state index in [1.165, 1.54) is 43.2 Å². The molecule has 0 radical (unpaired) electrons. The summed E-state index contributed by atoms with van der Waals surface area (Å²) in [7, 11) is 0. The molecule has 0 aromatic heterocycles. The second-order valence-electron chi connectivity index (χ2n) is 4.61. The average Bonchev–Trinajstić information content (AvgIpc) is 2.38. The maximum atomic E-state index is 3.37. The molecule has 0 heteroatoms. The van der Waals surface area contributed by atoms with Gasteiger partial charge in [-0.3, -0.25) is 0 Å². The van der Waals surface area contributed by atoms with Gasteiger partial charge >= 0.3 is 0 Å². The van der Waals surface area contributed by atoms with Crippen LogP contribution in [0.15, 0.2) is 24.3 Å². The van der Waals surface area contributed by atoms with Gasteiger partial charge in [-0.25, -0.2) is 0 Å². The Labute approximate surface area is 99.1 Å². The highest BCUT2D eigenvalue weighted by Gasteiger charge is 2.10. The SMILES string of the molecule is CCCCc1cccc(C2C#CCCC2)c1. The van der Waals surface area contributed by atoms with Gasteiger partial charge < -0.3 is 0 Å². The zero-order valence-corrected chi connectivity index (χ0v) is 10.1. The molecule has 0 nitrogen and oxygen atoms in total. The van der Waals surface area contributed by atoms with E-state index in [-0.39, 0.29) is 0 Å². The Morgan fingerprint density at radius 1 is 1.38 bits per heavy atom. The van der Waals surface area contributed by atoms with Crippen LogP contribution in [0.3, 0.4) is 0 Å². The van der Waals surface area contributed by atoms with Crippen LogP contribution >= 0.6 is 0 Å². The lowest BCUT2D eigenvalue weighted by atomic mass is 9.89. The highest BCUT2D eigenvalue weighted by Crippen LogP contribution is 2.25. The fraction of sp³-hybridized carbons (Fsp3) is 0.500. The second-order valence-corrected chi connectivity index (χ2v) is 4.61. The molecule has 0 heterocycles. The molecule has 1 atom stereocenters. The van der Waals surface area contributed by atoms with E-state index in [4.69, 9.17) is 0 Å².